The number of aromatic nitrogens is 1. The molecule has 6 nitrogen and oxygen atoms in total. The number of benzene rings is 2. The summed E-state index contributed by atoms with van der Waals surface area (Å²) in [6.45, 7) is 6.83. The van der Waals surface area contributed by atoms with Gasteiger partial charge in [0.25, 0.3) is 0 Å². The largest absolute Gasteiger partial charge is 0.449 e. The maximum Gasteiger partial charge on any atom is 0.230 e. The first-order valence-corrected chi connectivity index (χ1v) is 11.4. The molecule has 1 atom stereocenters. The third-order valence-electron chi connectivity index (χ3n) is 6.71. The maximum atomic E-state index is 13.3. The summed E-state index contributed by atoms with van der Waals surface area (Å²) in [6, 6.07) is 16.6. The molecule has 5 rings (SSSR count). The second-order valence-electron chi connectivity index (χ2n) is 8.90. The summed E-state index contributed by atoms with van der Waals surface area (Å²) in [5, 5.41) is 0. The van der Waals surface area contributed by atoms with E-state index in [1.165, 1.54) is 11.3 Å². The molecule has 2 aliphatic heterocycles. The van der Waals surface area contributed by atoms with E-state index in [1.807, 2.05) is 36.1 Å². The zero-order valence-corrected chi connectivity index (χ0v) is 18.8. The van der Waals surface area contributed by atoms with E-state index in [-0.39, 0.29) is 11.8 Å². The predicted molar refractivity (Wildman–Crippen MR) is 127 cm³/mol. The third-order valence-corrected chi connectivity index (χ3v) is 6.71. The topological polar surface area (TPSA) is 52.8 Å². The first kappa shape index (κ1) is 20.8. The molecule has 3 heterocycles. The Kier molecular flexibility index (Phi) is 5.70. The van der Waals surface area contributed by atoms with Crippen molar-refractivity contribution in [3.8, 4) is 11.3 Å². The van der Waals surface area contributed by atoms with E-state index in [4.69, 9.17) is 4.42 Å². The van der Waals surface area contributed by atoms with Crippen LogP contribution in [0.1, 0.15) is 17.9 Å². The highest BCUT2D eigenvalue weighted by atomic mass is 16.3. The number of nitrogens with zero attached hydrogens (tertiary/aromatic N) is 4. The highest BCUT2D eigenvalue weighted by Crippen LogP contribution is 2.32. The Labute approximate surface area is 189 Å². The van der Waals surface area contributed by atoms with Crippen LogP contribution in [0.25, 0.3) is 11.3 Å². The van der Waals surface area contributed by atoms with Crippen molar-refractivity contribution in [2.24, 2.45) is 5.92 Å². The highest BCUT2D eigenvalue weighted by molar-refractivity contribution is 5.97. The minimum atomic E-state index is 0.0291. The van der Waals surface area contributed by atoms with Crippen LogP contribution in [-0.2, 0) is 11.2 Å². The Morgan fingerprint density at radius 3 is 2.47 bits per heavy atom. The van der Waals surface area contributed by atoms with Gasteiger partial charge in [-0.3, -0.25) is 4.79 Å². The molecule has 1 aromatic heterocycles. The van der Waals surface area contributed by atoms with Crippen molar-refractivity contribution in [3.63, 3.8) is 0 Å². The molecule has 0 aliphatic carbocycles. The first-order chi connectivity index (χ1) is 15.6. The summed E-state index contributed by atoms with van der Waals surface area (Å²) in [4.78, 5) is 24.4. The Hall–Kier alpha value is -3.12. The van der Waals surface area contributed by atoms with Gasteiger partial charge in [-0.1, -0.05) is 30.3 Å². The number of amides is 1. The zero-order chi connectivity index (χ0) is 22.1. The highest BCUT2D eigenvalue weighted by Gasteiger charge is 2.33. The number of hydrogen-bond donors (Lipinski definition) is 0. The van der Waals surface area contributed by atoms with Gasteiger partial charge in [0.2, 0.25) is 5.91 Å². The number of aryl methyl sites for hydroxylation is 1. The van der Waals surface area contributed by atoms with Crippen LogP contribution in [0.5, 0.6) is 0 Å². The maximum absolute atomic E-state index is 13.3. The minimum Gasteiger partial charge on any atom is -0.449 e. The van der Waals surface area contributed by atoms with Crippen molar-refractivity contribution in [2.75, 3.05) is 49.6 Å². The van der Waals surface area contributed by atoms with Gasteiger partial charge >= 0.3 is 0 Å². The van der Waals surface area contributed by atoms with Gasteiger partial charge in [-0.25, -0.2) is 4.98 Å². The van der Waals surface area contributed by atoms with Gasteiger partial charge in [0, 0.05) is 62.5 Å². The smallest absolute Gasteiger partial charge is 0.230 e. The van der Waals surface area contributed by atoms with Crippen LogP contribution in [-0.4, -0.2) is 55.6 Å². The number of carbonyl (C=O) groups excluding carboxylic acids is 1. The molecule has 6 heteroatoms. The average molecular weight is 431 g/mol. The molecule has 2 saturated heterocycles. The fraction of sp³-hybridized carbons (Fsp3) is 0.385. The van der Waals surface area contributed by atoms with Crippen LogP contribution in [0.2, 0.25) is 0 Å². The van der Waals surface area contributed by atoms with E-state index in [2.05, 4.69) is 46.1 Å². The molecule has 0 N–H and O–H groups in total. The van der Waals surface area contributed by atoms with Crippen LogP contribution in [0.15, 0.2) is 59.2 Å². The van der Waals surface area contributed by atoms with Gasteiger partial charge < -0.3 is 19.1 Å². The van der Waals surface area contributed by atoms with E-state index in [1.54, 1.807) is 6.26 Å². The van der Waals surface area contributed by atoms with Crippen LogP contribution in [0.3, 0.4) is 0 Å². The fourth-order valence-electron chi connectivity index (χ4n) is 4.80. The lowest BCUT2D eigenvalue weighted by molar-refractivity contribution is -0.120. The molecule has 0 saturated carbocycles. The number of oxazole rings is 1. The van der Waals surface area contributed by atoms with E-state index >= 15 is 0 Å². The Morgan fingerprint density at radius 2 is 1.75 bits per heavy atom. The zero-order valence-electron chi connectivity index (χ0n) is 18.8. The van der Waals surface area contributed by atoms with Crippen molar-refractivity contribution >= 4 is 17.3 Å². The van der Waals surface area contributed by atoms with Crippen molar-refractivity contribution < 1.29 is 9.21 Å². The van der Waals surface area contributed by atoms with Crippen molar-refractivity contribution in [2.45, 2.75) is 19.8 Å². The lowest BCUT2D eigenvalue weighted by Gasteiger charge is -2.35. The van der Waals surface area contributed by atoms with Crippen molar-refractivity contribution in [1.82, 2.24) is 9.88 Å². The fourth-order valence-corrected chi connectivity index (χ4v) is 4.80. The molecule has 0 bridgehead atoms. The van der Waals surface area contributed by atoms with Crippen LogP contribution >= 0.6 is 0 Å². The number of carbonyl (C=O) groups is 1. The number of piperazine rings is 1. The minimum absolute atomic E-state index is 0.0291. The molecule has 0 spiro atoms. The number of rotatable bonds is 5. The van der Waals surface area contributed by atoms with Gasteiger partial charge in [-0.15, -0.1) is 0 Å². The molecule has 166 valence electrons. The molecule has 0 radical (unpaired) electrons. The Bertz CT molecular complexity index is 1080. The SMILES string of the molecule is Cc1nc(-c2ccc(N3CCC(Cc4ccccc4N4CCN(C)CC4)C3=O)cc2)co1. The van der Waals surface area contributed by atoms with Gasteiger partial charge in [-0.05, 0) is 43.7 Å². The number of hydrogen-bond acceptors (Lipinski definition) is 5. The van der Waals surface area contributed by atoms with Crippen molar-refractivity contribution in [1.29, 1.82) is 0 Å². The normalized spacial score (nSPS) is 19.7. The van der Waals surface area contributed by atoms with Gasteiger partial charge in [-0.2, -0.15) is 0 Å². The van der Waals surface area contributed by atoms with Crippen LogP contribution < -0.4 is 9.80 Å². The predicted octanol–water partition coefficient (Wildman–Crippen LogP) is 4.00. The summed E-state index contributed by atoms with van der Waals surface area (Å²) < 4.78 is 5.31. The molecule has 3 aromatic rings. The summed E-state index contributed by atoms with van der Waals surface area (Å²) in [7, 11) is 2.17. The lowest BCUT2D eigenvalue weighted by Crippen LogP contribution is -2.44. The van der Waals surface area contributed by atoms with Crippen molar-refractivity contribution in [3.05, 3.63) is 66.2 Å². The molecule has 1 unspecified atom stereocenters. The molecular formula is C26H30N4O2. The molecule has 2 aliphatic rings. The lowest BCUT2D eigenvalue weighted by atomic mass is 9.96. The Balaban J connectivity index is 1.28. The number of likely N-dealkylation sites (N-methyl/N-ethyl adjacent to an activating group) is 1. The van der Waals surface area contributed by atoms with Gasteiger partial charge in [0.15, 0.2) is 5.89 Å². The molecule has 2 fully saturated rings. The summed E-state index contributed by atoms with van der Waals surface area (Å²) >= 11 is 0. The Morgan fingerprint density at radius 1 is 1.00 bits per heavy atom. The molecule has 1 amide bonds. The van der Waals surface area contributed by atoms with E-state index in [9.17, 15) is 4.79 Å². The summed E-state index contributed by atoms with van der Waals surface area (Å²) in [5.74, 6) is 0.906. The quantitative estimate of drug-likeness (QED) is 0.613. The average Bonchev–Trinajstić information content (AvgIpc) is 3.41. The van der Waals surface area contributed by atoms with E-state index < -0.39 is 0 Å². The summed E-state index contributed by atoms with van der Waals surface area (Å²) in [5.41, 5.74) is 5.34. The second kappa shape index (κ2) is 8.79. The monoisotopic (exact) mass is 430 g/mol. The standard InChI is InChI=1S/C26H30N4O2/c1-19-27-24(18-32-19)20-7-9-23(10-8-20)30-12-11-22(26(30)31)17-21-5-3-4-6-25(21)29-15-13-28(2)14-16-29/h3-10,18,22H,11-17H2,1-2H3. The molecular weight excluding hydrogens is 400 g/mol. The number of para-hydroxylation sites is 1. The summed E-state index contributed by atoms with van der Waals surface area (Å²) in [6.07, 6.45) is 3.35. The van der Waals surface area contributed by atoms with Crippen LogP contribution in [0.4, 0.5) is 11.4 Å². The first-order valence-electron chi connectivity index (χ1n) is 11.4. The molecule has 32 heavy (non-hydrogen) atoms. The molecule has 2 aromatic carbocycles. The van der Waals surface area contributed by atoms with E-state index in [0.717, 1.165) is 62.5 Å². The third kappa shape index (κ3) is 4.15. The van der Waals surface area contributed by atoms with Gasteiger partial charge in [0.05, 0.1) is 0 Å². The van der Waals surface area contributed by atoms with Crippen LogP contribution in [0, 0.1) is 12.8 Å². The number of anilines is 2. The van der Waals surface area contributed by atoms with E-state index in [0.29, 0.717) is 5.89 Å². The van der Waals surface area contributed by atoms with Gasteiger partial charge in [0.1, 0.15) is 12.0 Å². The second-order valence-corrected chi connectivity index (χ2v) is 8.90.